The van der Waals surface area contributed by atoms with Crippen LogP contribution in [0.25, 0.3) is 0 Å². The minimum Gasteiger partial charge on any atom is -0.390 e. The number of aromatic nitrogens is 4. The van der Waals surface area contributed by atoms with Gasteiger partial charge in [-0.1, -0.05) is 92.4 Å². The molecule has 1 aliphatic carbocycles. The number of likely N-dealkylation sites (N-methyl/N-ethyl adjacent to an activating group) is 1. The molecule has 0 saturated heterocycles. The molecule has 2 heterocycles. The summed E-state index contributed by atoms with van der Waals surface area (Å²) in [5.41, 5.74) is 2.89. The van der Waals surface area contributed by atoms with Gasteiger partial charge in [-0.3, -0.25) is 14.6 Å². The zero-order chi connectivity index (χ0) is 28.1. The van der Waals surface area contributed by atoms with Gasteiger partial charge in [0.15, 0.2) is 0 Å². The molecule has 2 N–H and O–H groups in total. The van der Waals surface area contributed by atoms with E-state index in [4.69, 9.17) is 4.99 Å². The van der Waals surface area contributed by atoms with E-state index in [1.54, 1.807) is 18.8 Å². The molecule has 0 radical (unpaired) electrons. The quantitative estimate of drug-likeness (QED) is 0.304. The molecule has 2 aliphatic rings. The van der Waals surface area contributed by atoms with Gasteiger partial charge < -0.3 is 15.3 Å². The second kappa shape index (κ2) is 12.7. The van der Waals surface area contributed by atoms with Crippen LogP contribution in [0, 0.1) is 5.92 Å². The van der Waals surface area contributed by atoms with E-state index < -0.39 is 30.0 Å². The Morgan fingerprint density at radius 2 is 1.80 bits per heavy atom. The number of tetrazole rings is 1. The van der Waals surface area contributed by atoms with Gasteiger partial charge in [-0.2, -0.15) is 0 Å². The summed E-state index contributed by atoms with van der Waals surface area (Å²) in [5, 5.41) is 26.4. The highest BCUT2D eigenvalue weighted by Gasteiger charge is 2.37. The number of benzodiazepines with no additional fused rings is 1. The normalized spacial score (nSPS) is 19.4. The lowest BCUT2D eigenvalue weighted by Crippen LogP contribution is -2.52. The smallest absolute Gasteiger partial charge is 0.261 e. The standard InChI is InChI=1S/C29H35N7O3S/c1-35-23-16-10-9-15-21(23)25(20-13-7-4-8-14-20)31-26(28(35)39)27(38)30-22(17-19-11-5-3-6-12-19)24(37)18-40-29-32-33-34-36(29)2/h4,7-10,13-16,19,22,24,26,37H,3,5-6,11-12,17-18H2,1-2H3,(H,30,38)/t22-,24?,26?/m0/s1. The largest absolute Gasteiger partial charge is 0.390 e. The second-order valence-electron chi connectivity index (χ2n) is 10.5. The average molecular weight is 562 g/mol. The molecule has 3 aromatic rings. The Labute approximate surface area is 238 Å². The number of carbonyl (C=O) groups excluding carboxylic acids is 2. The first-order valence-electron chi connectivity index (χ1n) is 13.8. The number of aliphatic hydroxyl groups is 1. The molecule has 0 spiro atoms. The highest BCUT2D eigenvalue weighted by atomic mass is 32.2. The first kappa shape index (κ1) is 28.0. The van der Waals surface area contributed by atoms with Crippen molar-refractivity contribution in [2.24, 2.45) is 18.0 Å². The van der Waals surface area contributed by atoms with Crippen molar-refractivity contribution in [2.75, 3.05) is 17.7 Å². The maximum atomic E-state index is 13.9. The van der Waals surface area contributed by atoms with E-state index in [-0.39, 0.29) is 0 Å². The van der Waals surface area contributed by atoms with Crippen molar-refractivity contribution in [1.82, 2.24) is 25.5 Å². The molecule has 5 rings (SSSR count). The van der Waals surface area contributed by atoms with Gasteiger partial charge in [0.25, 0.3) is 11.8 Å². The fourth-order valence-corrected chi connectivity index (χ4v) is 6.36. The third kappa shape index (κ3) is 6.26. The zero-order valence-electron chi connectivity index (χ0n) is 22.8. The van der Waals surface area contributed by atoms with Crippen molar-refractivity contribution in [3.8, 4) is 0 Å². The van der Waals surface area contributed by atoms with Crippen LogP contribution in [0.15, 0.2) is 64.7 Å². The summed E-state index contributed by atoms with van der Waals surface area (Å²) in [6.07, 6.45) is 5.42. The first-order chi connectivity index (χ1) is 19.4. The highest BCUT2D eigenvalue weighted by Crippen LogP contribution is 2.30. The molecule has 0 bridgehead atoms. The van der Waals surface area contributed by atoms with Crippen molar-refractivity contribution in [3.05, 3.63) is 65.7 Å². The molecule has 3 atom stereocenters. The van der Waals surface area contributed by atoms with Gasteiger partial charge in [-0.05, 0) is 28.8 Å². The van der Waals surface area contributed by atoms with Crippen molar-refractivity contribution < 1.29 is 14.7 Å². The maximum absolute atomic E-state index is 13.9. The number of carbonyl (C=O) groups is 2. The summed E-state index contributed by atoms with van der Waals surface area (Å²) < 4.78 is 1.55. The maximum Gasteiger partial charge on any atom is 0.261 e. The Kier molecular flexibility index (Phi) is 8.91. The molecule has 2 amide bonds. The molecular weight excluding hydrogens is 526 g/mol. The van der Waals surface area contributed by atoms with Crippen molar-refractivity contribution >= 4 is 35.0 Å². The number of anilines is 1. The summed E-state index contributed by atoms with van der Waals surface area (Å²) in [7, 11) is 3.41. The molecule has 1 saturated carbocycles. The van der Waals surface area contributed by atoms with Crippen LogP contribution in [-0.4, -0.2) is 73.8 Å². The van der Waals surface area contributed by atoms with Crippen LogP contribution >= 0.6 is 11.8 Å². The molecule has 1 fully saturated rings. The minimum absolute atomic E-state index is 0.300. The molecule has 2 aromatic carbocycles. The summed E-state index contributed by atoms with van der Waals surface area (Å²) in [5.74, 6) is -0.228. The van der Waals surface area contributed by atoms with Gasteiger partial charge >= 0.3 is 0 Å². The van der Waals surface area contributed by atoms with Crippen LogP contribution in [0.3, 0.4) is 0 Å². The van der Waals surface area contributed by atoms with Gasteiger partial charge in [0.05, 0.1) is 23.5 Å². The van der Waals surface area contributed by atoms with E-state index in [9.17, 15) is 14.7 Å². The van der Waals surface area contributed by atoms with Gasteiger partial charge in [0.2, 0.25) is 11.2 Å². The second-order valence-corrected chi connectivity index (χ2v) is 11.5. The third-order valence-electron chi connectivity index (χ3n) is 7.71. The van der Waals surface area contributed by atoms with E-state index in [0.29, 0.717) is 34.6 Å². The number of benzene rings is 2. The zero-order valence-corrected chi connectivity index (χ0v) is 23.6. The number of aliphatic hydroxyl groups excluding tert-OH is 1. The van der Waals surface area contributed by atoms with E-state index in [0.717, 1.165) is 36.8 Å². The number of para-hydroxylation sites is 1. The van der Waals surface area contributed by atoms with E-state index in [1.165, 1.54) is 23.1 Å². The number of hydrogen-bond donors (Lipinski definition) is 2. The lowest BCUT2D eigenvalue weighted by atomic mass is 9.84. The Morgan fingerprint density at radius 1 is 1.07 bits per heavy atom. The summed E-state index contributed by atoms with van der Waals surface area (Å²) in [6, 6.07) is 15.3. The lowest BCUT2D eigenvalue weighted by Gasteiger charge is -2.31. The van der Waals surface area contributed by atoms with Crippen molar-refractivity contribution in [1.29, 1.82) is 0 Å². The average Bonchev–Trinajstić information content (AvgIpc) is 3.36. The monoisotopic (exact) mass is 561 g/mol. The number of rotatable bonds is 9. The molecule has 1 aliphatic heterocycles. The predicted octanol–water partition coefficient (Wildman–Crippen LogP) is 3.00. The fraction of sp³-hybridized carbons (Fsp3) is 0.448. The fourth-order valence-electron chi connectivity index (χ4n) is 5.49. The minimum atomic E-state index is -1.29. The van der Waals surface area contributed by atoms with Crippen molar-refractivity contribution in [2.45, 2.75) is 61.9 Å². The Morgan fingerprint density at radius 3 is 2.52 bits per heavy atom. The van der Waals surface area contributed by atoms with Gasteiger partial charge in [0.1, 0.15) is 0 Å². The Hall–Kier alpha value is -3.57. The summed E-state index contributed by atoms with van der Waals surface area (Å²) >= 11 is 1.33. The summed E-state index contributed by atoms with van der Waals surface area (Å²) in [6.45, 7) is 0. The molecular formula is C29H35N7O3S. The molecule has 2 unspecified atom stereocenters. The van der Waals surface area contributed by atoms with Crippen molar-refractivity contribution in [3.63, 3.8) is 0 Å². The topological polar surface area (TPSA) is 126 Å². The first-order valence-corrected chi connectivity index (χ1v) is 14.7. The molecule has 1 aromatic heterocycles. The number of nitrogens with zero attached hydrogens (tertiary/aromatic N) is 6. The van der Waals surface area contributed by atoms with Crippen LogP contribution < -0.4 is 10.2 Å². The predicted molar refractivity (Wildman–Crippen MR) is 154 cm³/mol. The number of aliphatic imine (C=N–C) groups is 1. The molecule has 11 heteroatoms. The van der Waals surface area contributed by atoms with Crippen LogP contribution in [0.5, 0.6) is 0 Å². The molecule has 210 valence electrons. The van der Waals surface area contributed by atoms with Crippen LogP contribution in [0.1, 0.15) is 49.7 Å². The number of amides is 2. The molecule has 40 heavy (non-hydrogen) atoms. The lowest BCUT2D eigenvalue weighted by molar-refractivity contribution is -0.130. The number of fused-ring (bicyclic) bond motifs is 1. The Bertz CT molecular complexity index is 1360. The number of nitrogens with one attached hydrogen (secondary N) is 1. The Balaban J connectivity index is 1.42. The van der Waals surface area contributed by atoms with E-state index in [1.807, 2.05) is 54.6 Å². The summed E-state index contributed by atoms with van der Waals surface area (Å²) in [4.78, 5) is 33.8. The van der Waals surface area contributed by atoms with Crippen LogP contribution in [0.4, 0.5) is 5.69 Å². The highest BCUT2D eigenvalue weighted by molar-refractivity contribution is 7.99. The van der Waals surface area contributed by atoms with Gasteiger partial charge in [-0.15, -0.1) is 5.10 Å². The number of aryl methyl sites for hydroxylation is 1. The van der Waals surface area contributed by atoms with Crippen LogP contribution in [-0.2, 0) is 16.6 Å². The van der Waals surface area contributed by atoms with Crippen LogP contribution in [0.2, 0.25) is 0 Å². The van der Waals surface area contributed by atoms with Gasteiger partial charge in [0, 0.05) is 31.0 Å². The van der Waals surface area contributed by atoms with E-state index in [2.05, 4.69) is 20.8 Å². The SMILES string of the molecule is CN1C(=O)C(C(=O)N[C@@H](CC2CCCCC2)C(O)CSc2nnnn2C)N=C(c2ccccc2)c2ccccc21. The third-order valence-corrected chi connectivity index (χ3v) is 8.82. The molecule has 10 nitrogen and oxygen atoms in total. The number of thioether (sulfide) groups is 1. The number of hydrogen-bond acceptors (Lipinski definition) is 8. The van der Waals surface area contributed by atoms with E-state index >= 15 is 0 Å². The van der Waals surface area contributed by atoms with Gasteiger partial charge in [-0.25, -0.2) is 4.68 Å².